The topological polar surface area (TPSA) is 24.9 Å². The van der Waals surface area contributed by atoms with Crippen LogP contribution in [0.25, 0.3) is 10.9 Å². The first kappa shape index (κ1) is 21.3. The number of nitrogens with one attached hydrogen (secondary N) is 1. The molecule has 1 heterocycles. The molecular weight excluding hydrogens is 356 g/mol. The van der Waals surface area contributed by atoms with Gasteiger partial charge in [-0.3, -0.25) is 4.98 Å². The number of nitrogens with zero attached hydrogens (tertiary/aromatic N) is 1. The van der Waals surface area contributed by atoms with E-state index in [1.807, 2.05) is 6.26 Å². The first-order chi connectivity index (χ1) is 12.7. The summed E-state index contributed by atoms with van der Waals surface area (Å²) in [5.41, 5.74) is 5.27. The Balaban J connectivity index is 2.26. The predicted molar refractivity (Wildman–Crippen MR) is 121 cm³/mol. The van der Waals surface area contributed by atoms with E-state index in [0.717, 1.165) is 35.6 Å². The van der Waals surface area contributed by atoms with Gasteiger partial charge in [0.15, 0.2) is 0 Å². The molecule has 0 aliphatic heterocycles. The number of aromatic nitrogens is 1. The molecule has 0 unspecified atom stereocenters. The van der Waals surface area contributed by atoms with E-state index < -0.39 is 0 Å². The average molecular weight is 389 g/mol. The summed E-state index contributed by atoms with van der Waals surface area (Å²) < 4.78 is 1.01. The molecule has 1 aromatic carbocycles. The number of thioether (sulfide) groups is 1. The van der Waals surface area contributed by atoms with Crippen LogP contribution in [0.1, 0.15) is 62.8 Å². The van der Waals surface area contributed by atoms with Gasteiger partial charge in [-0.25, -0.2) is 0 Å². The Morgan fingerprint density at radius 1 is 1.08 bits per heavy atom. The zero-order valence-corrected chi connectivity index (χ0v) is 18.1. The van der Waals surface area contributed by atoms with Crippen molar-refractivity contribution >= 4 is 39.1 Å². The second-order valence-corrected chi connectivity index (χ2v) is 8.38. The molecule has 0 atom stereocenters. The minimum atomic E-state index is 0.782. The maximum atomic E-state index is 5.35. The van der Waals surface area contributed by atoms with Crippen LogP contribution >= 0.6 is 24.0 Å². The highest BCUT2D eigenvalue weighted by atomic mass is 32.2. The Bertz CT molecular complexity index is 713. The van der Waals surface area contributed by atoms with E-state index in [4.69, 9.17) is 17.2 Å². The molecule has 1 aromatic heterocycles. The second kappa shape index (κ2) is 11.7. The molecule has 0 fully saturated rings. The molecule has 2 aromatic rings. The van der Waals surface area contributed by atoms with Crippen LogP contribution in [-0.4, -0.2) is 22.0 Å². The Labute approximate surface area is 168 Å². The molecule has 26 heavy (non-hydrogen) atoms. The third-order valence-electron chi connectivity index (χ3n) is 4.86. The Morgan fingerprint density at radius 2 is 1.85 bits per heavy atom. The van der Waals surface area contributed by atoms with E-state index in [2.05, 4.69) is 43.4 Å². The van der Waals surface area contributed by atoms with Crippen molar-refractivity contribution in [3.8, 4) is 0 Å². The zero-order chi connectivity index (χ0) is 18.8. The largest absolute Gasteiger partial charge is 0.307 e. The maximum Gasteiger partial charge on any atom is 0.0708 e. The number of fused-ring (bicyclic) bond motifs is 1. The summed E-state index contributed by atoms with van der Waals surface area (Å²) in [6, 6.07) is 8.55. The van der Waals surface area contributed by atoms with Gasteiger partial charge in [0, 0.05) is 24.2 Å². The maximum absolute atomic E-state index is 5.35. The van der Waals surface area contributed by atoms with E-state index in [9.17, 15) is 0 Å². The standard InChI is InChI=1S/C22H32N2S2/c1-4-6-7-8-9-12-17-19(15-23-16-22(25)26-3)18-13-10-11-14-21(18)24-20(17)5-2/h10-11,13-14,23H,4-9,12,15-16H2,1-3H3. The van der Waals surface area contributed by atoms with Crippen LogP contribution in [0.4, 0.5) is 0 Å². The molecule has 0 aliphatic carbocycles. The Kier molecular flexibility index (Phi) is 9.58. The van der Waals surface area contributed by atoms with E-state index in [-0.39, 0.29) is 0 Å². The highest BCUT2D eigenvalue weighted by molar-refractivity contribution is 8.22. The summed E-state index contributed by atoms with van der Waals surface area (Å²) in [7, 11) is 0. The molecule has 2 nitrogen and oxygen atoms in total. The van der Waals surface area contributed by atoms with Crippen molar-refractivity contribution in [1.29, 1.82) is 0 Å². The highest BCUT2D eigenvalue weighted by Gasteiger charge is 2.14. The smallest absolute Gasteiger partial charge is 0.0708 e. The van der Waals surface area contributed by atoms with Gasteiger partial charge in [0.1, 0.15) is 0 Å². The second-order valence-electron chi connectivity index (χ2n) is 6.73. The number of rotatable bonds is 11. The van der Waals surface area contributed by atoms with Crippen molar-refractivity contribution in [2.45, 2.75) is 65.3 Å². The van der Waals surface area contributed by atoms with Crippen LogP contribution < -0.4 is 5.32 Å². The van der Waals surface area contributed by atoms with Crippen molar-refractivity contribution in [3.05, 3.63) is 41.1 Å². The van der Waals surface area contributed by atoms with Gasteiger partial charge >= 0.3 is 0 Å². The molecule has 0 radical (unpaired) electrons. The van der Waals surface area contributed by atoms with Crippen molar-refractivity contribution in [1.82, 2.24) is 10.3 Å². The number of hydrogen-bond acceptors (Lipinski definition) is 4. The van der Waals surface area contributed by atoms with Gasteiger partial charge in [-0.1, -0.05) is 69.9 Å². The highest BCUT2D eigenvalue weighted by Crippen LogP contribution is 2.26. The number of benzene rings is 1. The summed E-state index contributed by atoms with van der Waals surface area (Å²) in [5, 5.41) is 4.84. The first-order valence-corrected chi connectivity index (χ1v) is 11.5. The van der Waals surface area contributed by atoms with Gasteiger partial charge in [0.25, 0.3) is 0 Å². The van der Waals surface area contributed by atoms with Crippen LogP contribution in [-0.2, 0) is 19.4 Å². The van der Waals surface area contributed by atoms with Crippen LogP contribution in [0.2, 0.25) is 0 Å². The van der Waals surface area contributed by atoms with Crippen molar-refractivity contribution in [3.63, 3.8) is 0 Å². The number of thiocarbonyl (C=S) groups is 1. The van der Waals surface area contributed by atoms with E-state index >= 15 is 0 Å². The van der Waals surface area contributed by atoms with Gasteiger partial charge < -0.3 is 5.32 Å². The summed E-state index contributed by atoms with van der Waals surface area (Å²) in [4.78, 5) is 4.97. The molecule has 0 aliphatic rings. The predicted octanol–water partition coefficient (Wildman–Crippen LogP) is 6.09. The lowest BCUT2D eigenvalue weighted by atomic mass is 9.94. The van der Waals surface area contributed by atoms with Crippen LogP contribution in [0, 0.1) is 0 Å². The number of para-hydroxylation sites is 1. The Hall–Kier alpha value is -0.970. The van der Waals surface area contributed by atoms with Crippen LogP contribution in [0.3, 0.4) is 0 Å². The third-order valence-corrected chi connectivity index (χ3v) is 6.11. The van der Waals surface area contributed by atoms with Crippen LogP contribution in [0.5, 0.6) is 0 Å². The molecule has 142 valence electrons. The summed E-state index contributed by atoms with van der Waals surface area (Å²) >= 11 is 7.00. The Morgan fingerprint density at radius 3 is 2.58 bits per heavy atom. The van der Waals surface area contributed by atoms with Gasteiger partial charge in [-0.2, -0.15) is 0 Å². The lowest BCUT2D eigenvalue weighted by molar-refractivity contribution is 0.627. The number of unbranched alkanes of at least 4 members (excludes halogenated alkanes) is 4. The fraction of sp³-hybridized carbons (Fsp3) is 0.545. The first-order valence-electron chi connectivity index (χ1n) is 9.88. The van der Waals surface area contributed by atoms with Gasteiger partial charge in [0.2, 0.25) is 0 Å². The lowest BCUT2D eigenvalue weighted by Crippen LogP contribution is -2.21. The summed E-state index contributed by atoms with van der Waals surface area (Å²) in [5.74, 6) is 0. The molecule has 0 saturated carbocycles. The normalized spacial score (nSPS) is 11.2. The molecule has 4 heteroatoms. The molecule has 0 spiro atoms. The number of pyridine rings is 1. The number of aryl methyl sites for hydroxylation is 1. The van der Waals surface area contributed by atoms with Crippen molar-refractivity contribution in [2.24, 2.45) is 0 Å². The molecule has 0 amide bonds. The summed E-state index contributed by atoms with van der Waals surface area (Å²) in [6.07, 6.45) is 10.7. The van der Waals surface area contributed by atoms with Gasteiger partial charge in [-0.15, -0.1) is 11.8 Å². The molecule has 0 bridgehead atoms. The van der Waals surface area contributed by atoms with Gasteiger partial charge in [0.05, 0.1) is 9.71 Å². The average Bonchev–Trinajstić information content (AvgIpc) is 2.68. The molecule has 1 N–H and O–H groups in total. The lowest BCUT2D eigenvalue weighted by Gasteiger charge is -2.17. The minimum absolute atomic E-state index is 0.782. The quantitative estimate of drug-likeness (QED) is 0.372. The zero-order valence-electron chi connectivity index (χ0n) is 16.4. The monoisotopic (exact) mass is 388 g/mol. The SMILES string of the molecule is CCCCCCCc1c(CC)nc2ccccc2c1CNCC(=S)SC. The molecule has 2 rings (SSSR count). The third kappa shape index (κ3) is 6.04. The molecular formula is C22H32N2S2. The minimum Gasteiger partial charge on any atom is -0.307 e. The van der Waals surface area contributed by atoms with E-state index in [1.165, 1.54) is 54.3 Å². The van der Waals surface area contributed by atoms with E-state index in [1.54, 1.807) is 11.8 Å². The van der Waals surface area contributed by atoms with Crippen molar-refractivity contribution < 1.29 is 0 Å². The van der Waals surface area contributed by atoms with E-state index in [0.29, 0.717) is 0 Å². The number of hydrogen-bond donors (Lipinski definition) is 1. The van der Waals surface area contributed by atoms with Crippen LogP contribution in [0.15, 0.2) is 24.3 Å². The van der Waals surface area contributed by atoms with Gasteiger partial charge in [-0.05, 0) is 42.7 Å². The summed E-state index contributed by atoms with van der Waals surface area (Å²) in [6.45, 7) is 6.13. The fourth-order valence-corrected chi connectivity index (χ4v) is 3.78. The van der Waals surface area contributed by atoms with Crippen molar-refractivity contribution in [2.75, 3.05) is 12.8 Å². The molecule has 0 saturated heterocycles. The fourth-order valence-electron chi connectivity index (χ4n) is 3.43.